The SMILES string of the molecule is N=C(N)c1ccc(OCc2ccc(Cl)cc2)c(F)c1Br. The van der Waals surface area contributed by atoms with Crippen LogP contribution in [0.1, 0.15) is 11.1 Å². The van der Waals surface area contributed by atoms with E-state index >= 15 is 0 Å². The summed E-state index contributed by atoms with van der Waals surface area (Å²) in [5, 5.41) is 7.96. The average molecular weight is 358 g/mol. The second-order valence-electron chi connectivity index (χ2n) is 4.07. The van der Waals surface area contributed by atoms with Crippen LogP contribution in [0.2, 0.25) is 5.02 Å². The number of benzene rings is 2. The maximum Gasteiger partial charge on any atom is 0.179 e. The van der Waals surface area contributed by atoms with Gasteiger partial charge in [-0.15, -0.1) is 0 Å². The van der Waals surface area contributed by atoms with Crippen LogP contribution in [0.25, 0.3) is 0 Å². The van der Waals surface area contributed by atoms with Crippen molar-refractivity contribution in [2.24, 2.45) is 5.73 Å². The molecule has 6 heteroatoms. The van der Waals surface area contributed by atoms with Gasteiger partial charge in [0.25, 0.3) is 0 Å². The van der Waals surface area contributed by atoms with Crippen LogP contribution < -0.4 is 10.5 Å². The molecule has 0 radical (unpaired) electrons. The van der Waals surface area contributed by atoms with Crippen molar-refractivity contribution < 1.29 is 9.13 Å². The molecule has 0 saturated carbocycles. The number of hydrogen-bond acceptors (Lipinski definition) is 2. The molecule has 104 valence electrons. The fourth-order valence-corrected chi connectivity index (χ4v) is 2.26. The van der Waals surface area contributed by atoms with E-state index in [1.54, 1.807) is 24.3 Å². The third kappa shape index (κ3) is 3.29. The van der Waals surface area contributed by atoms with E-state index in [9.17, 15) is 4.39 Å². The lowest BCUT2D eigenvalue weighted by Gasteiger charge is -2.10. The molecule has 0 aliphatic heterocycles. The number of amidine groups is 1. The molecule has 0 saturated heterocycles. The van der Waals surface area contributed by atoms with Gasteiger partial charge in [0.05, 0.1) is 4.47 Å². The van der Waals surface area contributed by atoms with Crippen LogP contribution >= 0.6 is 27.5 Å². The number of nitrogens with one attached hydrogen (secondary N) is 1. The molecule has 0 aliphatic carbocycles. The zero-order valence-electron chi connectivity index (χ0n) is 10.3. The number of nitrogen functional groups attached to an aromatic ring is 1. The van der Waals surface area contributed by atoms with Gasteiger partial charge in [0, 0.05) is 10.6 Å². The van der Waals surface area contributed by atoms with Crippen LogP contribution in [0.15, 0.2) is 40.9 Å². The maximum atomic E-state index is 14.0. The fourth-order valence-electron chi connectivity index (χ4n) is 1.59. The Labute approximate surface area is 129 Å². The van der Waals surface area contributed by atoms with Crippen molar-refractivity contribution in [1.29, 1.82) is 5.41 Å². The summed E-state index contributed by atoms with van der Waals surface area (Å²) in [6.07, 6.45) is 0. The summed E-state index contributed by atoms with van der Waals surface area (Å²) in [5.41, 5.74) is 6.51. The second kappa shape index (κ2) is 6.24. The van der Waals surface area contributed by atoms with E-state index in [-0.39, 0.29) is 22.7 Å². The van der Waals surface area contributed by atoms with Crippen LogP contribution in [-0.4, -0.2) is 5.84 Å². The zero-order valence-corrected chi connectivity index (χ0v) is 12.6. The molecule has 0 spiro atoms. The third-order valence-corrected chi connectivity index (χ3v) is 3.67. The van der Waals surface area contributed by atoms with E-state index in [0.29, 0.717) is 10.6 Å². The van der Waals surface area contributed by atoms with E-state index in [2.05, 4.69) is 15.9 Å². The van der Waals surface area contributed by atoms with Gasteiger partial charge in [-0.25, -0.2) is 4.39 Å². The Morgan fingerprint density at radius 3 is 2.50 bits per heavy atom. The monoisotopic (exact) mass is 356 g/mol. The first-order valence-electron chi connectivity index (χ1n) is 5.68. The van der Waals surface area contributed by atoms with E-state index < -0.39 is 5.82 Å². The minimum atomic E-state index is -0.577. The topological polar surface area (TPSA) is 59.1 Å². The lowest BCUT2D eigenvalue weighted by Crippen LogP contribution is -2.12. The molecule has 2 aromatic carbocycles. The molecule has 0 amide bonds. The molecule has 0 aromatic heterocycles. The summed E-state index contributed by atoms with van der Waals surface area (Å²) in [5.74, 6) is -0.691. The number of halogens is 3. The van der Waals surface area contributed by atoms with Gasteiger partial charge in [-0.2, -0.15) is 0 Å². The minimum Gasteiger partial charge on any atom is -0.486 e. The van der Waals surface area contributed by atoms with Crippen LogP contribution in [-0.2, 0) is 6.61 Å². The van der Waals surface area contributed by atoms with Crippen molar-refractivity contribution in [2.75, 3.05) is 0 Å². The van der Waals surface area contributed by atoms with Crippen LogP contribution in [0.4, 0.5) is 4.39 Å². The van der Waals surface area contributed by atoms with Gasteiger partial charge in [-0.1, -0.05) is 23.7 Å². The molecule has 2 rings (SSSR count). The minimum absolute atomic E-state index is 0.0943. The summed E-state index contributed by atoms with van der Waals surface area (Å²) in [6, 6.07) is 10.1. The van der Waals surface area contributed by atoms with Crippen molar-refractivity contribution in [1.82, 2.24) is 0 Å². The Morgan fingerprint density at radius 2 is 1.90 bits per heavy atom. The van der Waals surface area contributed by atoms with Crippen LogP contribution in [0.3, 0.4) is 0 Å². The highest BCUT2D eigenvalue weighted by atomic mass is 79.9. The van der Waals surface area contributed by atoms with E-state index in [1.807, 2.05) is 0 Å². The number of rotatable bonds is 4. The summed E-state index contributed by atoms with van der Waals surface area (Å²) in [4.78, 5) is 0. The lowest BCUT2D eigenvalue weighted by molar-refractivity contribution is 0.289. The van der Waals surface area contributed by atoms with Crippen molar-refractivity contribution in [3.05, 3.63) is 62.8 Å². The summed E-state index contributed by atoms with van der Waals surface area (Å²) in [7, 11) is 0. The Hall–Kier alpha value is -1.59. The highest BCUT2D eigenvalue weighted by Gasteiger charge is 2.14. The number of hydrogen-bond donors (Lipinski definition) is 2. The van der Waals surface area contributed by atoms with Gasteiger partial charge < -0.3 is 10.5 Å². The lowest BCUT2D eigenvalue weighted by atomic mass is 10.2. The fraction of sp³-hybridized carbons (Fsp3) is 0.0714. The van der Waals surface area contributed by atoms with Gasteiger partial charge in [-0.3, -0.25) is 5.41 Å². The number of nitrogens with two attached hydrogens (primary N) is 1. The zero-order chi connectivity index (χ0) is 14.7. The first-order valence-corrected chi connectivity index (χ1v) is 6.85. The molecule has 0 heterocycles. The largest absolute Gasteiger partial charge is 0.486 e. The molecule has 0 fully saturated rings. The predicted octanol–water partition coefficient (Wildman–Crippen LogP) is 4.10. The van der Waals surface area contributed by atoms with E-state index in [1.165, 1.54) is 12.1 Å². The molecule has 3 nitrogen and oxygen atoms in total. The van der Waals surface area contributed by atoms with Crippen molar-refractivity contribution in [3.8, 4) is 5.75 Å². The molecular formula is C14H11BrClFN2O. The maximum absolute atomic E-state index is 14.0. The average Bonchev–Trinajstić information content (AvgIpc) is 2.42. The Kier molecular flexibility index (Phi) is 4.62. The standard InChI is InChI=1S/C14H11BrClFN2O/c15-12-10(14(18)19)5-6-11(13(12)17)20-7-8-1-3-9(16)4-2-8/h1-6H,7H2,(H3,18,19). The normalized spacial score (nSPS) is 10.3. The van der Waals surface area contributed by atoms with Gasteiger partial charge in [0.2, 0.25) is 0 Å². The summed E-state index contributed by atoms with van der Waals surface area (Å²) < 4.78 is 19.6. The molecule has 3 N–H and O–H groups in total. The quantitative estimate of drug-likeness (QED) is 0.639. The van der Waals surface area contributed by atoms with Gasteiger partial charge in [0.15, 0.2) is 11.6 Å². The highest BCUT2D eigenvalue weighted by Crippen LogP contribution is 2.29. The smallest absolute Gasteiger partial charge is 0.179 e. The van der Waals surface area contributed by atoms with Crippen LogP contribution in [0, 0.1) is 11.2 Å². The molecular weight excluding hydrogens is 347 g/mol. The van der Waals surface area contributed by atoms with E-state index in [4.69, 9.17) is 27.5 Å². The molecule has 20 heavy (non-hydrogen) atoms. The molecule has 2 aromatic rings. The van der Waals surface area contributed by atoms with Gasteiger partial charge in [-0.05, 0) is 45.8 Å². The van der Waals surface area contributed by atoms with Gasteiger partial charge in [0.1, 0.15) is 12.4 Å². The first-order chi connectivity index (χ1) is 9.49. The molecule has 0 unspecified atom stereocenters. The third-order valence-electron chi connectivity index (χ3n) is 2.64. The second-order valence-corrected chi connectivity index (χ2v) is 5.30. The number of ether oxygens (including phenoxy) is 1. The molecule has 0 bridgehead atoms. The van der Waals surface area contributed by atoms with Crippen molar-refractivity contribution in [3.63, 3.8) is 0 Å². The highest BCUT2D eigenvalue weighted by molar-refractivity contribution is 9.10. The predicted molar refractivity (Wildman–Crippen MR) is 80.9 cm³/mol. The van der Waals surface area contributed by atoms with E-state index in [0.717, 1.165) is 5.56 Å². The Morgan fingerprint density at radius 1 is 1.25 bits per heavy atom. The first kappa shape index (κ1) is 14.8. The Bertz CT molecular complexity index is 646. The van der Waals surface area contributed by atoms with Crippen molar-refractivity contribution >= 4 is 33.4 Å². The van der Waals surface area contributed by atoms with Gasteiger partial charge >= 0.3 is 0 Å². The Balaban J connectivity index is 2.16. The molecule has 0 atom stereocenters. The molecule has 0 aliphatic rings. The summed E-state index contributed by atoms with van der Waals surface area (Å²) in [6.45, 7) is 0.222. The van der Waals surface area contributed by atoms with Crippen LogP contribution in [0.5, 0.6) is 5.75 Å². The summed E-state index contributed by atoms with van der Waals surface area (Å²) >= 11 is 8.86. The van der Waals surface area contributed by atoms with Crippen molar-refractivity contribution in [2.45, 2.75) is 6.61 Å².